The molecule has 1 aliphatic rings. The number of nitrogens with one attached hydrogen (secondary N) is 3. The van der Waals surface area contributed by atoms with Crippen LogP contribution < -0.4 is 16.0 Å². The molecule has 1 atom stereocenters. The SMILES string of the molecule is CN=C(NCCCOC(C)c1ccccc1)NCCNC(=O)C1CCCCC1.I. The Morgan fingerprint density at radius 3 is 2.41 bits per heavy atom. The molecule has 1 aromatic carbocycles. The van der Waals surface area contributed by atoms with Crippen LogP contribution in [0.2, 0.25) is 0 Å². The molecule has 1 aliphatic carbocycles. The number of nitrogens with zero attached hydrogens (tertiary/aromatic N) is 1. The van der Waals surface area contributed by atoms with Gasteiger partial charge in [0.2, 0.25) is 5.91 Å². The predicted octanol–water partition coefficient (Wildman–Crippen LogP) is 3.63. The fourth-order valence-electron chi connectivity index (χ4n) is 3.46. The Bertz CT molecular complexity index is 592. The average Bonchev–Trinajstić information content (AvgIpc) is 2.75. The van der Waals surface area contributed by atoms with Crippen LogP contribution in [0.3, 0.4) is 0 Å². The lowest BCUT2D eigenvalue weighted by atomic mass is 9.89. The normalized spacial score (nSPS) is 15.9. The topological polar surface area (TPSA) is 74.8 Å². The molecule has 1 unspecified atom stereocenters. The van der Waals surface area contributed by atoms with Gasteiger partial charge in [0, 0.05) is 39.2 Å². The zero-order valence-corrected chi connectivity index (χ0v) is 20.1. The number of halogens is 1. The maximum Gasteiger partial charge on any atom is 0.223 e. The van der Waals surface area contributed by atoms with E-state index in [0.29, 0.717) is 19.7 Å². The van der Waals surface area contributed by atoms with Crippen LogP contribution in [0.15, 0.2) is 35.3 Å². The molecule has 1 aromatic rings. The van der Waals surface area contributed by atoms with E-state index in [1.54, 1.807) is 7.05 Å². The number of hydrogen-bond donors (Lipinski definition) is 3. The average molecular weight is 516 g/mol. The van der Waals surface area contributed by atoms with Crippen molar-refractivity contribution in [2.24, 2.45) is 10.9 Å². The molecule has 6 nitrogen and oxygen atoms in total. The minimum Gasteiger partial charge on any atom is -0.374 e. The summed E-state index contributed by atoms with van der Waals surface area (Å²) in [6.45, 7) is 4.84. The molecule has 1 fully saturated rings. The number of ether oxygens (including phenoxy) is 1. The second-order valence-electron chi connectivity index (χ2n) is 7.33. The predicted molar refractivity (Wildman–Crippen MR) is 130 cm³/mol. The van der Waals surface area contributed by atoms with Gasteiger partial charge < -0.3 is 20.7 Å². The highest BCUT2D eigenvalue weighted by Crippen LogP contribution is 2.23. The maximum absolute atomic E-state index is 12.1. The van der Waals surface area contributed by atoms with Crippen molar-refractivity contribution in [1.29, 1.82) is 0 Å². The third kappa shape index (κ3) is 10.3. The summed E-state index contributed by atoms with van der Waals surface area (Å²) in [5.74, 6) is 1.17. The monoisotopic (exact) mass is 516 g/mol. The first kappa shape index (κ1) is 25.7. The lowest BCUT2D eigenvalue weighted by Crippen LogP contribution is -2.43. The van der Waals surface area contributed by atoms with Crippen LogP contribution in [0, 0.1) is 5.92 Å². The number of amides is 1. The molecule has 3 N–H and O–H groups in total. The first-order valence-corrected chi connectivity index (χ1v) is 10.6. The van der Waals surface area contributed by atoms with E-state index in [4.69, 9.17) is 4.74 Å². The van der Waals surface area contributed by atoms with E-state index in [2.05, 4.69) is 40.0 Å². The summed E-state index contributed by atoms with van der Waals surface area (Å²) < 4.78 is 5.88. The Kier molecular flexibility index (Phi) is 13.7. The number of guanidine groups is 1. The Morgan fingerprint density at radius 2 is 1.72 bits per heavy atom. The van der Waals surface area contributed by atoms with E-state index in [-0.39, 0.29) is 41.9 Å². The van der Waals surface area contributed by atoms with Gasteiger partial charge in [-0.15, -0.1) is 24.0 Å². The second kappa shape index (κ2) is 15.5. The van der Waals surface area contributed by atoms with Crippen molar-refractivity contribution >= 4 is 35.8 Å². The van der Waals surface area contributed by atoms with E-state index >= 15 is 0 Å². The minimum atomic E-state index is 0. The molecular weight excluding hydrogens is 479 g/mol. The van der Waals surface area contributed by atoms with Gasteiger partial charge >= 0.3 is 0 Å². The summed E-state index contributed by atoms with van der Waals surface area (Å²) in [5, 5.41) is 9.55. The zero-order chi connectivity index (χ0) is 20.0. The molecule has 0 heterocycles. The first-order chi connectivity index (χ1) is 13.7. The summed E-state index contributed by atoms with van der Waals surface area (Å²) in [6.07, 6.45) is 6.70. The molecule has 0 aliphatic heterocycles. The Balaban J connectivity index is 0.00000420. The Labute approximate surface area is 192 Å². The number of carbonyl (C=O) groups is 1. The lowest BCUT2D eigenvalue weighted by Gasteiger charge is -2.21. The summed E-state index contributed by atoms with van der Waals surface area (Å²) in [4.78, 5) is 16.3. The summed E-state index contributed by atoms with van der Waals surface area (Å²) >= 11 is 0. The van der Waals surface area contributed by atoms with Crippen molar-refractivity contribution in [1.82, 2.24) is 16.0 Å². The highest BCUT2D eigenvalue weighted by atomic mass is 127. The molecule has 0 bridgehead atoms. The number of hydrogen-bond acceptors (Lipinski definition) is 3. The molecule has 29 heavy (non-hydrogen) atoms. The van der Waals surface area contributed by atoms with Gasteiger partial charge in [0.1, 0.15) is 0 Å². The quantitative estimate of drug-likeness (QED) is 0.192. The van der Waals surface area contributed by atoms with Gasteiger partial charge in [-0.25, -0.2) is 0 Å². The van der Waals surface area contributed by atoms with E-state index in [1.807, 2.05) is 18.2 Å². The van der Waals surface area contributed by atoms with E-state index in [9.17, 15) is 4.79 Å². The summed E-state index contributed by atoms with van der Waals surface area (Å²) in [7, 11) is 1.75. The first-order valence-electron chi connectivity index (χ1n) is 10.6. The van der Waals surface area contributed by atoms with Gasteiger partial charge in [-0.1, -0.05) is 49.6 Å². The molecule has 0 aromatic heterocycles. The van der Waals surface area contributed by atoms with Crippen LogP contribution in [-0.4, -0.2) is 45.2 Å². The molecule has 1 saturated carbocycles. The number of rotatable bonds is 10. The molecule has 0 radical (unpaired) electrons. The van der Waals surface area contributed by atoms with Gasteiger partial charge in [-0.2, -0.15) is 0 Å². The Morgan fingerprint density at radius 1 is 1.07 bits per heavy atom. The molecule has 7 heteroatoms. The van der Waals surface area contributed by atoms with Crippen molar-refractivity contribution in [3.63, 3.8) is 0 Å². The van der Waals surface area contributed by atoms with Crippen LogP contribution in [0.4, 0.5) is 0 Å². The minimum absolute atomic E-state index is 0. The van der Waals surface area contributed by atoms with Crippen molar-refractivity contribution in [2.45, 2.75) is 51.6 Å². The van der Waals surface area contributed by atoms with Gasteiger partial charge in [0.05, 0.1) is 6.10 Å². The number of carbonyl (C=O) groups excluding carboxylic acids is 1. The molecular formula is C22H37IN4O2. The van der Waals surface area contributed by atoms with Crippen molar-refractivity contribution < 1.29 is 9.53 Å². The third-order valence-electron chi connectivity index (χ3n) is 5.17. The fraction of sp³-hybridized carbons (Fsp3) is 0.636. The van der Waals surface area contributed by atoms with E-state index in [1.165, 1.54) is 24.8 Å². The molecule has 164 valence electrons. The van der Waals surface area contributed by atoms with Gasteiger partial charge in [-0.3, -0.25) is 9.79 Å². The number of benzene rings is 1. The van der Waals surface area contributed by atoms with E-state index < -0.39 is 0 Å². The smallest absolute Gasteiger partial charge is 0.223 e. The summed E-state index contributed by atoms with van der Waals surface area (Å²) in [6, 6.07) is 10.2. The number of aliphatic imine (C=N–C) groups is 1. The van der Waals surface area contributed by atoms with Crippen LogP contribution in [0.5, 0.6) is 0 Å². The molecule has 0 saturated heterocycles. The highest BCUT2D eigenvalue weighted by Gasteiger charge is 2.20. The van der Waals surface area contributed by atoms with Crippen molar-refractivity contribution in [2.75, 3.05) is 33.3 Å². The van der Waals surface area contributed by atoms with Gasteiger partial charge in [-0.05, 0) is 31.7 Å². The fourth-order valence-corrected chi connectivity index (χ4v) is 3.46. The van der Waals surface area contributed by atoms with E-state index in [0.717, 1.165) is 31.8 Å². The van der Waals surface area contributed by atoms with Gasteiger partial charge in [0.15, 0.2) is 5.96 Å². The summed E-state index contributed by atoms with van der Waals surface area (Å²) in [5.41, 5.74) is 1.20. The molecule has 1 amide bonds. The third-order valence-corrected chi connectivity index (χ3v) is 5.17. The molecule has 0 spiro atoms. The lowest BCUT2D eigenvalue weighted by molar-refractivity contribution is -0.125. The van der Waals surface area contributed by atoms with Crippen molar-refractivity contribution in [3.8, 4) is 0 Å². The Hall–Kier alpha value is -1.35. The van der Waals surface area contributed by atoms with Crippen LogP contribution in [0.25, 0.3) is 0 Å². The van der Waals surface area contributed by atoms with Crippen LogP contribution >= 0.6 is 24.0 Å². The molecule has 2 rings (SSSR count). The van der Waals surface area contributed by atoms with Crippen molar-refractivity contribution in [3.05, 3.63) is 35.9 Å². The maximum atomic E-state index is 12.1. The zero-order valence-electron chi connectivity index (χ0n) is 17.8. The standard InChI is InChI=1S/C22H36N4O2.HI/c1-18(19-10-5-3-6-11-19)28-17-9-14-25-22(23-2)26-16-15-24-21(27)20-12-7-4-8-13-20;/h3,5-6,10-11,18,20H,4,7-9,12-17H2,1-2H3,(H,24,27)(H2,23,25,26);1H. The largest absolute Gasteiger partial charge is 0.374 e. The highest BCUT2D eigenvalue weighted by molar-refractivity contribution is 14.0. The van der Waals surface area contributed by atoms with Crippen LogP contribution in [-0.2, 0) is 9.53 Å². The van der Waals surface area contributed by atoms with Gasteiger partial charge in [0.25, 0.3) is 0 Å². The van der Waals surface area contributed by atoms with Crippen LogP contribution in [0.1, 0.15) is 57.1 Å². The second-order valence-corrected chi connectivity index (χ2v) is 7.33.